The van der Waals surface area contributed by atoms with Crippen LogP contribution in [-0.4, -0.2) is 38.7 Å². The molecule has 0 saturated carbocycles. The van der Waals surface area contributed by atoms with Gasteiger partial charge in [0, 0.05) is 43.3 Å². The Morgan fingerprint density at radius 2 is 2.38 bits per heavy atom. The molecule has 0 spiro atoms. The van der Waals surface area contributed by atoms with Crippen molar-refractivity contribution in [1.29, 1.82) is 0 Å². The van der Waals surface area contributed by atoms with Gasteiger partial charge in [0.1, 0.15) is 0 Å². The van der Waals surface area contributed by atoms with Crippen LogP contribution >= 0.6 is 11.3 Å². The van der Waals surface area contributed by atoms with E-state index in [2.05, 4.69) is 10.1 Å². The maximum atomic E-state index is 12.7. The second-order valence-electron chi connectivity index (χ2n) is 5.44. The molecule has 1 fully saturated rings. The van der Waals surface area contributed by atoms with Crippen molar-refractivity contribution in [2.24, 2.45) is 0 Å². The predicted octanol–water partition coefficient (Wildman–Crippen LogP) is 2.69. The van der Waals surface area contributed by atoms with E-state index in [4.69, 9.17) is 0 Å². The van der Waals surface area contributed by atoms with Crippen LogP contribution in [0.3, 0.4) is 0 Å². The number of aromatic nitrogens is 3. The fourth-order valence-electron chi connectivity index (χ4n) is 2.86. The quantitative estimate of drug-likeness (QED) is 0.876. The first kappa shape index (κ1) is 14.3. The Kier molecular flexibility index (Phi) is 4.05. The highest BCUT2D eigenvalue weighted by molar-refractivity contribution is 7.09. The third-order valence-corrected chi connectivity index (χ3v) is 4.95. The van der Waals surface area contributed by atoms with E-state index >= 15 is 0 Å². The molecule has 21 heavy (non-hydrogen) atoms. The topological polar surface area (TPSA) is 51.0 Å². The first-order chi connectivity index (χ1) is 10.2. The lowest BCUT2D eigenvalue weighted by atomic mass is 9.98. The van der Waals surface area contributed by atoms with E-state index in [0.29, 0.717) is 5.92 Å². The monoisotopic (exact) mass is 304 g/mol. The summed E-state index contributed by atoms with van der Waals surface area (Å²) in [6, 6.07) is 0. The molecule has 1 aliphatic rings. The van der Waals surface area contributed by atoms with Gasteiger partial charge in [0.2, 0.25) is 0 Å². The Hall–Kier alpha value is -1.69. The molecule has 2 aromatic heterocycles. The molecule has 1 aliphatic heterocycles. The minimum absolute atomic E-state index is 0.105. The Morgan fingerprint density at radius 1 is 1.52 bits per heavy atom. The van der Waals surface area contributed by atoms with Crippen LogP contribution in [0.25, 0.3) is 0 Å². The third kappa shape index (κ3) is 2.85. The van der Waals surface area contributed by atoms with Gasteiger partial charge >= 0.3 is 0 Å². The van der Waals surface area contributed by atoms with Gasteiger partial charge in [-0.05, 0) is 26.7 Å². The minimum atomic E-state index is 0.105. The third-order valence-electron chi connectivity index (χ3n) is 4.01. The van der Waals surface area contributed by atoms with Crippen molar-refractivity contribution < 1.29 is 4.79 Å². The molecule has 0 aromatic carbocycles. The van der Waals surface area contributed by atoms with Gasteiger partial charge in [-0.2, -0.15) is 5.10 Å². The number of carbonyl (C=O) groups excluding carboxylic acids is 1. The first-order valence-corrected chi connectivity index (χ1v) is 8.29. The van der Waals surface area contributed by atoms with Gasteiger partial charge in [-0.3, -0.25) is 9.48 Å². The summed E-state index contributed by atoms with van der Waals surface area (Å²) in [5, 5.41) is 7.53. The Balaban J connectivity index is 1.76. The molecule has 0 N–H and O–H groups in total. The van der Waals surface area contributed by atoms with Gasteiger partial charge in [0.25, 0.3) is 5.91 Å². The molecular formula is C15H20N4OS. The summed E-state index contributed by atoms with van der Waals surface area (Å²) in [6.45, 7) is 6.32. The number of thiazole rings is 1. The van der Waals surface area contributed by atoms with Crippen molar-refractivity contribution in [2.45, 2.75) is 39.2 Å². The largest absolute Gasteiger partial charge is 0.338 e. The fourth-order valence-corrected chi connectivity index (χ4v) is 3.63. The van der Waals surface area contributed by atoms with Gasteiger partial charge in [-0.15, -0.1) is 11.3 Å². The highest BCUT2D eigenvalue weighted by Crippen LogP contribution is 2.29. The lowest BCUT2D eigenvalue weighted by Crippen LogP contribution is -2.39. The number of likely N-dealkylation sites (tertiary alicyclic amines) is 1. The zero-order chi connectivity index (χ0) is 14.8. The number of rotatable bonds is 3. The SMILES string of the molecule is CCn1cc(C(=O)N2CCC[C@@H](c3nccs3)C2)c(C)n1. The average molecular weight is 304 g/mol. The number of carbonyl (C=O) groups is 1. The van der Waals surface area contributed by atoms with Gasteiger partial charge in [0.15, 0.2) is 0 Å². The summed E-state index contributed by atoms with van der Waals surface area (Å²) in [6.07, 6.45) is 5.86. The number of nitrogens with zero attached hydrogens (tertiary/aromatic N) is 4. The molecule has 1 amide bonds. The first-order valence-electron chi connectivity index (χ1n) is 7.41. The minimum Gasteiger partial charge on any atom is -0.338 e. The Labute approximate surface area is 128 Å². The van der Waals surface area contributed by atoms with E-state index in [1.807, 2.05) is 41.2 Å². The summed E-state index contributed by atoms with van der Waals surface area (Å²) in [5.74, 6) is 0.484. The summed E-state index contributed by atoms with van der Waals surface area (Å²) < 4.78 is 1.82. The highest BCUT2D eigenvalue weighted by atomic mass is 32.1. The highest BCUT2D eigenvalue weighted by Gasteiger charge is 2.28. The molecule has 3 heterocycles. The van der Waals surface area contributed by atoms with Crippen molar-refractivity contribution >= 4 is 17.2 Å². The predicted molar refractivity (Wildman–Crippen MR) is 82.6 cm³/mol. The molecule has 0 unspecified atom stereocenters. The molecule has 0 radical (unpaired) electrons. The lowest BCUT2D eigenvalue weighted by Gasteiger charge is -2.31. The number of aryl methyl sites for hydroxylation is 2. The van der Waals surface area contributed by atoms with Crippen molar-refractivity contribution in [3.8, 4) is 0 Å². The van der Waals surface area contributed by atoms with Gasteiger partial charge < -0.3 is 4.90 Å². The van der Waals surface area contributed by atoms with E-state index in [1.54, 1.807) is 11.3 Å². The summed E-state index contributed by atoms with van der Waals surface area (Å²) in [4.78, 5) is 19.1. The number of hydrogen-bond donors (Lipinski definition) is 0. The molecular weight excluding hydrogens is 284 g/mol. The van der Waals surface area contributed by atoms with E-state index in [-0.39, 0.29) is 5.91 Å². The number of amides is 1. The lowest BCUT2D eigenvalue weighted by molar-refractivity contribution is 0.0706. The van der Waals surface area contributed by atoms with Crippen molar-refractivity contribution in [1.82, 2.24) is 19.7 Å². The molecule has 1 atom stereocenters. The second kappa shape index (κ2) is 5.97. The Morgan fingerprint density at radius 3 is 3.05 bits per heavy atom. The molecule has 2 aromatic rings. The fraction of sp³-hybridized carbons (Fsp3) is 0.533. The van der Waals surface area contributed by atoms with Crippen molar-refractivity contribution in [2.75, 3.05) is 13.1 Å². The standard InChI is InChI=1S/C15H20N4OS/c1-3-19-10-13(11(2)17-19)15(20)18-7-4-5-12(9-18)14-16-6-8-21-14/h6,8,10,12H,3-5,7,9H2,1-2H3/t12-/m1/s1. The van der Waals surface area contributed by atoms with Crippen LogP contribution in [0.15, 0.2) is 17.8 Å². The zero-order valence-corrected chi connectivity index (χ0v) is 13.3. The van der Waals surface area contributed by atoms with E-state index < -0.39 is 0 Å². The van der Waals surface area contributed by atoms with Gasteiger partial charge in [-0.1, -0.05) is 0 Å². The van der Waals surface area contributed by atoms with Crippen LogP contribution in [0.1, 0.15) is 46.7 Å². The molecule has 3 rings (SSSR count). The molecule has 0 aliphatic carbocycles. The summed E-state index contributed by atoms with van der Waals surface area (Å²) >= 11 is 1.68. The van der Waals surface area contributed by atoms with E-state index in [1.165, 1.54) is 0 Å². The molecule has 112 valence electrons. The summed E-state index contributed by atoms with van der Waals surface area (Å²) in [5.41, 5.74) is 1.55. The van der Waals surface area contributed by atoms with Crippen LogP contribution in [0.5, 0.6) is 0 Å². The second-order valence-corrected chi connectivity index (χ2v) is 6.37. The van der Waals surface area contributed by atoms with E-state index in [9.17, 15) is 4.79 Å². The number of piperidine rings is 1. The molecule has 6 heteroatoms. The van der Waals surface area contributed by atoms with Crippen LogP contribution < -0.4 is 0 Å². The normalized spacial score (nSPS) is 19.0. The van der Waals surface area contributed by atoms with Crippen molar-refractivity contribution in [3.63, 3.8) is 0 Å². The van der Waals surface area contributed by atoms with Gasteiger partial charge in [0.05, 0.1) is 16.3 Å². The van der Waals surface area contributed by atoms with Crippen LogP contribution in [0.4, 0.5) is 0 Å². The molecule has 1 saturated heterocycles. The maximum absolute atomic E-state index is 12.7. The van der Waals surface area contributed by atoms with E-state index in [0.717, 1.165) is 48.7 Å². The van der Waals surface area contributed by atoms with Crippen molar-refractivity contribution in [3.05, 3.63) is 34.0 Å². The molecule has 5 nitrogen and oxygen atoms in total. The van der Waals surface area contributed by atoms with Crippen LogP contribution in [-0.2, 0) is 6.54 Å². The smallest absolute Gasteiger partial charge is 0.257 e. The maximum Gasteiger partial charge on any atom is 0.257 e. The Bertz CT molecular complexity index is 620. The van der Waals surface area contributed by atoms with Gasteiger partial charge in [-0.25, -0.2) is 4.98 Å². The summed E-state index contributed by atoms with van der Waals surface area (Å²) in [7, 11) is 0. The number of hydrogen-bond acceptors (Lipinski definition) is 4. The average Bonchev–Trinajstić information content (AvgIpc) is 3.16. The zero-order valence-electron chi connectivity index (χ0n) is 12.5. The van der Waals surface area contributed by atoms with Crippen LogP contribution in [0, 0.1) is 6.92 Å². The molecule has 0 bridgehead atoms. The van der Waals surface area contributed by atoms with Crippen LogP contribution in [0.2, 0.25) is 0 Å².